The van der Waals surface area contributed by atoms with Gasteiger partial charge in [0.15, 0.2) is 16.0 Å². The first kappa shape index (κ1) is 32.6. The Morgan fingerprint density at radius 3 is 2.60 bits per heavy atom. The average Bonchev–Trinajstić information content (AvgIpc) is 3.48. The van der Waals surface area contributed by atoms with Crippen LogP contribution < -0.4 is 26.8 Å². The molecule has 11 atom stereocenters. The van der Waals surface area contributed by atoms with Crippen molar-refractivity contribution < 1.29 is 31.6 Å². The van der Waals surface area contributed by atoms with E-state index in [-0.39, 0.29) is 49.4 Å². The van der Waals surface area contributed by atoms with Crippen LogP contribution in [0.15, 0.2) is 0 Å². The van der Waals surface area contributed by atoms with Crippen molar-refractivity contribution in [1.82, 2.24) is 31.7 Å². The molecule has 2 aliphatic carbocycles. The van der Waals surface area contributed by atoms with Crippen LogP contribution in [0.25, 0.3) is 0 Å². The SMILES string of the molecule is COC1C(NC2CCNN2)NC(SC2CCC(S(=O)(=O)CC3CCCC([N+](=O)[O-])C3F)CC2F)NC1N1CCOCC1. The van der Waals surface area contributed by atoms with Gasteiger partial charge < -0.3 is 9.47 Å². The standard InChI is InChI=1S/C25H45F2N7O6S2/c1-39-22-23(29-20-7-8-28-32-20)30-25(31-24(22)33-9-11-40-12-10-33)41-19-6-5-16(13-17(19)26)42(37,38)14-15-3-2-4-18(21(15)27)34(35)36/h15-25,28-32H,2-14H2,1H3. The number of nitro groups is 1. The summed E-state index contributed by atoms with van der Waals surface area (Å²) in [6, 6.07) is -1.37. The molecule has 5 rings (SSSR count). The first-order valence-electron chi connectivity index (χ1n) is 15.1. The summed E-state index contributed by atoms with van der Waals surface area (Å²) in [5.74, 6) is -1.38. The molecule has 42 heavy (non-hydrogen) atoms. The smallest absolute Gasteiger partial charge is 0.244 e. The second kappa shape index (κ2) is 14.6. The van der Waals surface area contributed by atoms with Crippen molar-refractivity contribution in [1.29, 1.82) is 0 Å². The number of methoxy groups -OCH3 is 1. The molecule has 11 unspecified atom stereocenters. The highest BCUT2D eigenvalue weighted by atomic mass is 32.2. The lowest BCUT2D eigenvalue weighted by Crippen LogP contribution is -2.75. The van der Waals surface area contributed by atoms with Crippen molar-refractivity contribution in [3.63, 3.8) is 0 Å². The molecule has 5 aliphatic rings. The first-order chi connectivity index (χ1) is 20.2. The molecule has 0 spiro atoms. The molecule has 0 radical (unpaired) electrons. The molecule has 0 amide bonds. The van der Waals surface area contributed by atoms with Gasteiger partial charge in [-0.25, -0.2) is 22.6 Å². The Balaban J connectivity index is 1.20. The van der Waals surface area contributed by atoms with Crippen LogP contribution in [0.1, 0.15) is 44.9 Å². The van der Waals surface area contributed by atoms with Crippen LogP contribution in [0.3, 0.4) is 0 Å². The molecule has 242 valence electrons. The van der Waals surface area contributed by atoms with Crippen molar-refractivity contribution in [2.45, 2.75) is 104 Å². The number of sulfone groups is 1. The maximum atomic E-state index is 15.6. The van der Waals surface area contributed by atoms with Crippen molar-refractivity contribution in [3.05, 3.63) is 10.1 Å². The molecule has 3 aliphatic heterocycles. The maximum Gasteiger partial charge on any atom is 0.244 e. The number of ether oxygens (including phenoxy) is 2. The van der Waals surface area contributed by atoms with Gasteiger partial charge in [0.05, 0.1) is 42.7 Å². The Bertz CT molecular complexity index is 1010. The number of hydrogen-bond donors (Lipinski definition) is 5. The van der Waals surface area contributed by atoms with E-state index >= 15 is 4.39 Å². The van der Waals surface area contributed by atoms with Crippen molar-refractivity contribution in [2.24, 2.45) is 5.92 Å². The number of morpholine rings is 1. The number of hydrogen-bond acceptors (Lipinski definition) is 13. The number of nitrogens with zero attached hydrogens (tertiary/aromatic N) is 2. The number of thioether (sulfide) groups is 1. The quantitative estimate of drug-likeness (QED) is 0.161. The zero-order chi connectivity index (χ0) is 29.9. The minimum atomic E-state index is -3.81. The Morgan fingerprint density at radius 2 is 1.93 bits per heavy atom. The van der Waals surface area contributed by atoms with Gasteiger partial charge in [0, 0.05) is 49.3 Å². The summed E-state index contributed by atoms with van der Waals surface area (Å²) in [5.41, 5.74) is 6.02. The normalized spacial score (nSPS) is 42.4. The van der Waals surface area contributed by atoms with Crippen LogP contribution in [0.5, 0.6) is 0 Å². The summed E-state index contributed by atoms with van der Waals surface area (Å²) >= 11 is 1.43. The minimum absolute atomic E-state index is 0.0394. The highest BCUT2D eigenvalue weighted by Gasteiger charge is 2.47. The Hall–Kier alpha value is -0.760. The van der Waals surface area contributed by atoms with Crippen LogP contribution in [0, 0.1) is 16.0 Å². The fourth-order valence-electron chi connectivity index (χ4n) is 6.98. The fourth-order valence-corrected chi connectivity index (χ4v) is 10.5. The lowest BCUT2D eigenvalue weighted by atomic mass is 9.85. The van der Waals surface area contributed by atoms with E-state index in [1.807, 2.05) is 0 Å². The highest BCUT2D eigenvalue weighted by Crippen LogP contribution is 2.38. The van der Waals surface area contributed by atoms with E-state index in [1.165, 1.54) is 11.8 Å². The van der Waals surface area contributed by atoms with Gasteiger partial charge in [-0.3, -0.25) is 36.4 Å². The zero-order valence-corrected chi connectivity index (χ0v) is 25.6. The molecule has 0 bridgehead atoms. The highest BCUT2D eigenvalue weighted by molar-refractivity contribution is 8.00. The van der Waals surface area contributed by atoms with Crippen molar-refractivity contribution >= 4 is 21.6 Å². The minimum Gasteiger partial charge on any atom is -0.379 e. The summed E-state index contributed by atoms with van der Waals surface area (Å²) in [5, 5.41) is 20.6. The zero-order valence-electron chi connectivity index (χ0n) is 24.0. The third-order valence-corrected chi connectivity index (χ3v) is 13.1. The van der Waals surface area contributed by atoms with Gasteiger partial charge in [0.1, 0.15) is 17.8 Å². The van der Waals surface area contributed by atoms with Gasteiger partial charge in [0.2, 0.25) is 6.04 Å². The molecular formula is C25H45F2N7O6S2. The number of alkyl halides is 2. The summed E-state index contributed by atoms with van der Waals surface area (Å²) in [6.45, 7) is 3.55. The Labute approximate surface area is 250 Å². The molecule has 0 aromatic carbocycles. The van der Waals surface area contributed by atoms with Crippen LogP contribution in [0.4, 0.5) is 8.78 Å². The molecule has 2 saturated carbocycles. The molecule has 17 heteroatoms. The number of halogens is 2. The van der Waals surface area contributed by atoms with E-state index in [0.717, 1.165) is 26.1 Å². The van der Waals surface area contributed by atoms with Gasteiger partial charge in [-0.1, -0.05) is 0 Å². The van der Waals surface area contributed by atoms with Crippen LogP contribution in [-0.4, -0.2) is 123 Å². The molecule has 5 N–H and O–H groups in total. The van der Waals surface area contributed by atoms with E-state index in [4.69, 9.17) is 9.47 Å². The van der Waals surface area contributed by atoms with Gasteiger partial charge in [0.25, 0.3) is 0 Å². The first-order valence-corrected chi connectivity index (χ1v) is 17.7. The fraction of sp³-hybridized carbons (Fsp3) is 1.00. The predicted molar refractivity (Wildman–Crippen MR) is 154 cm³/mol. The predicted octanol–water partition coefficient (Wildman–Crippen LogP) is 0.0665. The van der Waals surface area contributed by atoms with Crippen LogP contribution >= 0.6 is 11.8 Å². The van der Waals surface area contributed by atoms with Crippen molar-refractivity contribution in [2.75, 3.05) is 45.7 Å². The molecule has 13 nitrogen and oxygen atoms in total. The second-order valence-electron chi connectivity index (χ2n) is 12.0. The average molecular weight is 642 g/mol. The third kappa shape index (κ3) is 7.72. The van der Waals surface area contributed by atoms with Gasteiger partial charge >= 0.3 is 0 Å². The monoisotopic (exact) mass is 641 g/mol. The van der Waals surface area contributed by atoms with E-state index in [0.29, 0.717) is 32.5 Å². The largest absolute Gasteiger partial charge is 0.379 e. The van der Waals surface area contributed by atoms with Crippen LogP contribution in [-0.2, 0) is 19.3 Å². The molecule has 0 aromatic rings. The molecule has 3 heterocycles. The summed E-state index contributed by atoms with van der Waals surface area (Å²) in [6.07, 6.45) is -1.53. The molecule has 3 saturated heterocycles. The summed E-state index contributed by atoms with van der Waals surface area (Å²) in [7, 11) is -2.13. The maximum absolute atomic E-state index is 15.6. The van der Waals surface area contributed by atoms with E-state index in [1.54, 1.807) is 7.11 Å². The number of hydrazine groups is 1. The topological polar surface area (TPSA) is 159 Å². The Morgan fingerprint density at radius 1 is 1.14 bits per heavy atom. The van der Waals surface area contributed by atoms with E-state index < -0.39 is 55.3 Å². The molecule has 5 fully saturated rings. The molecule has 0 aromatic heterocycles. The third-order valence-electron chi connectivity index (χ3n) is 9.31. The van der Waals surface area contributed by atoms with E-state index in [2.05, 4.69) is 31.7 Å². The van der Waals surface area contributed by atoms with Crippen LogP contribution in [0.2, 0.25) is 0 Å². The van der Waals surface area contributed by atoms with Gasteiger partial charge in [-0.05, 0) is 38.5 Å². The summed E-state index contributed by atoms with van der Waals surface area (Å²) < 4.78 is 68.4. The second-order valence-corrected chi connectivity index (χ2v) is 15.7. The van der Waals surface area contributed by atoms with Gasteiger partial charge in [-0.15, -0.1) is 11.8 Å². The number of nitrogens with one attached hydrogen (secondary N) is 5. The lowest BCUT2D eigenvalue weighted by Gasteiger charge is -2.49. The van der Waals surface area contributed by atoms with Crippen molar-refractivity contribution in [3.8, 4) is 0 Å². The summed E-state index contributed by atoms with van der Waals surface area (Å²) in [4.78, 5) is 12.8. The van der Waals surface area contributed by atoms with E-state index in [9.17, 15) is 22.9 Å². The lowest BCUT2D eigenvalue weighted by molar-refractivity contribution is -0.536. The molecular weight excluding hydrogens is 596 g/mol. The van der Waals surface area contributed by atoms with Gasteiger partial charge in [-0.2, -0.15) is 0 Å². The number of rotatable bonds is 10. The Kier molecular flexibility index (Phi) is 11.3.